The number of carbonyl (C=O) groups is 1. The highest BCUT2D eigenvalue weighted by atomic mass is 32.1. The molecule has 2 atom stereocenters. The molecule has 0 N–H and O–H groups in total. The van der Waals surface area contributed by atoms with E-state index in [1.807, 2.05) is 0 Å². The van der Waals surface area contributed by atoms with Crippen LogP contribution in [0.1, 0.15) is 40.0 Å². The van der Waals surface area contributed by atoms with Crippen LogP contribution in [0, 0.1) is 11.8 Å². The molecule has 1 aliphatic rings. The molecule has 0 saturated heterocycles. The van der Waals surface area contributed by atoms with E-state index in [4.69, 9.17) is 0 Å². The van der Waals surface area contributed by atoms with Gasteiger partial charge in [-0.25, -0.2) is 0 Å². The summed E-state index contributed by atoms with van der Waals surface area (Å²) in [5, 5.41) is 0. The van der Waals surface area contributed by atoms with Crippen LogP contribution < -0.4 is 0 Å². The smallest absolute Gasteiger partial charge is 0.137 e. The molecule has 0 unspecified atom stereocenters. The van der Waals surface area contributed by atoms with Gasteiger partial charge in [-0.05, 0) is 18.8 Å². The lowest BCUT2D eigenvalue weighted by Crippen LogP contribution is -2.35. The van der Waals surface area contributed by atoms with Crippen molar-refractivity contribution in [1.82, 2.24) is 0 Å². The van der Waals surface area contributed by atoms with Gasteiger partial charge in [0.05, 0.1) is 0 Å². The van der Waals surface area contributed by atoms with Gasteiger partial charge >= 0.3 is 0 Å². The molecule has 0 aromatic heterocycles. The Morgan fingerprint density at radius 1 is 1.58 bits per heavy atom. The maximum Gasteiger partial charge on any atom is 0.137 e. The number of carbonyl (C=O) groups excluding carboxylic acids is 1. The molecule has 0 aromatic carbocycles. The summed E-state index contributed by atoms with van der Waals surface area (Å²) in [6.45, 7) is 6.32. The summed E-state index contributed by atoms with van der Waals surface area (Å²) in [4.78, 5) is 11.6. The summed E-state index contributed by atoms with van der Waals surface area (Å²) in [5.74, 6) is 1.21. The summed E-state index contributed by atoms with van der Waals surface area (Å²) < 4.78 is -0.0392. The van der Waals surface area contributed by atoms with Crippen molar-refractivity contribution >= 4 is 18.4 Å². The first-order valence-corrected chi connectivity index (χ1v) is 5.12. The number of hydrogen-bond donors (Lipinski definition) is 1. The first-order chi connectivity index (χ1) is 5.42. The molecule has 0 spiro atoms. The fourth-order valence-electron chi connectivity index (χ4n) is 1.93. The van der Waals surface area contributed by atoms with Gasteiger partial charge in [-0.15, -0.1) is 0 Å². The molecule has 0 radical (unpaired) electrons. The minimum Gasteiger partial charge on any atom is -0.299 e. The standard InChI is InChI=1S/C10H18OS/c1-7(2)8-4-5-10(3,12)6-9(8)11/h7-8,12H,4-6H2,1-3H3/t8-,10+/m1/s1. The van der Waals surface area contributed by atoms with Gasteiger partial charge in [0.25, 0.3) is 0 Å². The highest BCUT2D eigenvalue weighted by Gasteiger charge is 2.35. The second-order valence-corrected chi connectivity index (χ2v) is 5.61. The number of rotatable bonds is 1. The Morgan fingerprint density at radius 2 is 2.17 bits per heavy atom. The molecule has 0 aliphatic heterocycles. The topological polar surface area (TPSA) is 17.1 Å². The molecule has 12 heavy (non-hydrogen) atoms. The zero-order valence-electron chi connectivity index (χ0n) is 8.13. The van der Waals surface area contributed by atoms with Gasteiger partial charge in [0, 0.05) is 17.1 Å². The van der Waals surface area contributed by atoms with Crippen molar-refractivity contribution in [3.05, 3.63) is 0 Å². The van der Waals surface area contributed by atoms with Crippen LogP contribution in [0.4, 0.5) is 0 Å². The summed E-state index contributed by atoms with van der Waals surface area (Å²) in [7, 11) is 0. The van der Waals surface area contributed by atoms with Crippen molar-refractivity contribution in [3.63, 3.8) is 0 Å². The third-order valence-electron chi connectivity index (χ3n) is 2.77. The van der Waals surface area contributed by atoms with Crippen LogP contribution in [0.25, 0.3) is 0 Å². The minimum atomic E-state index is -0.0392. The van der Waals surface area contributed by atoms with E-state index < -0.39 is 0 Å². The van der Waals surface area contributed by atoms with Crippen LogP contribution in [0.2, 0.25) is 0 Å². The molecule has 70 valence electrons. The van der Waals surface area contributed by atoms with Gasteiger partial charge in [0.2, 0.25) is 0 Å². The third kappa shape index (κ3) is 2.25. The monoisotopic (exact) mass is 186 g/mol. The Hall–Kier alpha value is 0.0200. The lowest BCUT2D eigenvalue weighted by molar-refractivity contribution is -0.126. The normalized spacial score (nSPS) is 37.4. The molecular formula is C10H18OS. The van der Waals surface area contributed by atoms with Crippen molar-refractivity contribution in [2.24, 2.45) is 11.8 Å². The predicted octanol–water partition coefficient (Wildman–Crippen LogP) is 2.70. The zero-order chi connectivity index (χ0) is 9.35. The third-order valence-corrected chi connectivity index (χ3v) is 3.15. The van der Waals surface area contributed by atoms with E-state index in [1.165, 1.54) is 0 Å². The second kappa shape index (κ2) is 3.41. The van der Waals surface area contributed by atoms with Gasteiger partial charge in [-0.1, -0.05) is 20.8 Å². The number of Topliss-reactive ketones (excluding diaryl/α,β-unsaturated/α-hetero) is 1. The molecule has 1 aliphatic carbocycles. The first kappa shape index (κ1) is 10.1. The zero-order valence-corrected chi connectivity index (χ0v) is 9.03. The quantitative estimate of drug-likeness (QED) is 0.623. The largest absolute Gasteiger partial charge is 0.299 e. The Bertz CT molecular complexity index is 184. The number of thiol groups is 1. The number of ketones is 1. The van der Waals surface area contributed by atoms with Crippen molar-refractivity contribution in [2.75, 3.05) is 0 Å². The van der Waals surface area contributed by atoms with E-state index in [9.17, 15) is 4.79 Å². The molecule has 1 fully saturated rings. The van der Waals surface area contributed by atoms with Gasteiger partial charge in [-0.3, -0.25) is 4.79 Å². The molecule has 1 saturated carbocycles. The summed E-state index contributed by atoms with van der Waals surface area (Å²) in [6, 6.07) is 0. The molecule has 0 aromatic rings. The molecule has 0 heterocycles. The summed E-state index contributed by atoms with van der Waals surface area (Å²) in [6.07, 6.45) is 2.75. The van der Waals surface area contributed by atoms with Crippen molar-refractivity contribution in [2.45, 2.75) is 44.8 Å². The minimum absolute atomic E-state index is 0.0392. The van der Waals surface area contributed by atoms with E-state index in [0.29, 0.717) is 24.0 Å². The van der Waals surface area contributed by atoms with Crippen molar-refractivity contribution in [3.8, 4) is 0 Å². The molecule has 1 nitrogen and oxygen atoms in total. The van der Waals surface area contributed by atoms with Gasteiger partial charge < -0.3 is 0 Å². The molecular weight excluding hydrogens is 168 g/mol. The first-order valence-electron chi connectivity index (χ1n) is 4.67. The van der Waals surface area contributed by atoms with Crippen LogP contribution in [0.3, 0.4) is 0 Å². The highest BCUT2D eigenvalue weighted by Crippen LogP contribution is 2.36. The number of hydrogen-bond acceptors (Lipinski definition) is 2. The van der Waals surface area contributed by atoms with Gasteiger partial charge in [0.15, 0.2) is 0 Å². The Morgan fingerprint density at radius 3 is 2.58 bits per heavy atom. The van der Waals surface area contributed by atoms with E-state index in [2.05, 4.69) is 33.4 Å². The van der Waals surface area contributed by atoms with Crippen LogP contribution in [-0.2, 0) is 4.79 Å². The Labute approximate surface area is 80.3 Å². The van der Waals surface area contributed by atoms with E-state index in [-0.39, 0.29) is 4.75 Å². The maximum atomic E-state index is 11.6. The van der Waals surface area contributed by atoms with Crippen LogP contribution in [-0.4, -0.2) is 10.5 Å². The average molecular weight is 186 g/mol. The second-order valence-electron chi connectivity index (χ2n) is 4.53. The van der Waals surface area contributed by atoms with Crippen LogP contribution in [0.5, 0.6) is 0 Å². The summed E-state index contributed by atoms with van der Waals surface area (Å²) in [5.41, 5.74) is 0. The average Bonchev–Trinajstić information content (AvgIpc) is 1.83. The van der Waals surface area contributed by atoms with E-state index in [1.54, 1.807) is 0 Å². The SMILES string of the molecule is CC(C)[C@H]1CC[C@](C)(S)CC1=O. The Kier molecular flexibility index (Phi) is 2.87. The molecule has 2 heteroatoms. The van der Waals surface area contributed by atoms with E-state index in [0.717, 1.165) is 12.8 Å². The molecule has 0 amide bonds. The lowest BCUT2D eigenvalue weighted by Gasteiger charge is -2.33. The highest BCUT2D eigenvalue weighted by molar-refractivity contribution is 7.81. The summed E-state index contributed by atoms with van der Waals surface area (Å²) >= 11 is 4.47. The predicted molar refractivity (Wildman–Crippen MR) is 54.6 cm³/mol. The fraction of sp³-hybridized carbons (Fsp3) is 0.900. The lowest BCUT2D eigenvalue weighted by atomic mass is 9.76. The van der Waals surface area contributed by atoms with Crippen molar-refractivity contribution < 1.29 is 4.79 Å². The van der Waals surface area contributed by atoms with Gasteiger partial charge in [-0.2, -0.15) is 12.6 Å². The Balaban J connectivity index is 2.60. The van der Waals surface area contributed by atoms with Gasteiger partial charge in [0.1, 0.15) is 5.78 Å². The maximum absolute atomic E-state index is 11.6. The molecule has 0 bridgehead atoms. The van der Waals surface area contributed by atoms with E-state index >= 15 is 0 Å². The van der Waals surface area contributed by atoms with Crippen LogP contribution in [0.15, 0.2) is 0 Å². The fourth-order valence-corrected chi connectivity index (χ4v) is 2.21. The molecule has 1 rings (SSSR count). The van der Waals surface area contributed by atoms with Crippen molar-refractivity contribution in [1.29, 1.82) is 0 Å². The van der Waals surface area contributed by atoms with Crippen LogP contribution >= 0.6 is 12.6 Å².